The molecular formula is C21H13N5O2S. The number of nitrogens with zero attached hydrogens (tertiary/aromatic N) is 4. The highest BCUT2D eigenvalue weighted by molar-refractivity contribution is 7.17. The van der Waals surface area contributed by atoms with E-state index in [1.165, 1.54) is 16.2 Å². The van der Waals surface area contributed by atoms with Crippen LogP contribution in [-0.4, -0.2) is 34.9 Å². The zero-order valence-corrected chi connectivity index (χ0v) is 15.9. The fraction of sp³-hybridized carbons (Fsp3) is 0.0952. The highest BCUT2D eigenvalue weighted by Crippen LogP contribution is 2.38. The molecule has 1 N–H and O–H groups in total. The molecule has 2 heterocycles. The summed E-state index contributed by atoms with van der Waals surface area (Å²) in [7, 11) is 0. The lowest BCUT2D eigenvalue weighted by molar-refractivity contribution is -0.118. The number of rotatable bonds is 3. The minimum atomic E-state index is -0.339. The first-order valence-electron chi connectivity index (χ1n) is 8.67. The number of thiazole rings is 1. The molecule has 0 radical (unpaired) electrons. The topological polar surface area (TPSA) is 110 Å². The van der Waals surface area contributed by atoms with Crippen molar-refractivity contribution in [3.8, 4) is 33.8 Å². The zero-order chi connectivity index (χ0) is 20.4. The van der Waals surface area contributed by atoms with Gasteiger partial charge < -0.3 is 10.2 Å². The predicted octanol–water partition coefficient (Wildman–Crippen LogP) is 2.75. The van der Waals surface area contributed by atoms with Crippen molar-refractivity contribution in [2.24, 2.45) is 0 Å². The summed E-state index contributed by atoms with van der Waals surface area (Å²) < 4.78 is 0. The maximum Gasteiger partial charge on any atom is 0.284 e. The summed E-state index contributed by atoms with van der Waals surface area (Å²) >= 11 is 1.20. The molecule has 0 saturated carbocycles. The van der Waals surface area contributed by atoms with E-state index in [-0.39, 0.29) is 30.0 Å². The van der Waals surface area contributed by atoms with Crippen LogP contribution in [0.25, 0.3) is 21.7 Å². The molecule has 4 rings (SSSR count). The molecule has 7 nitrogen and oxygen atoms in total. The maximum atomic E-state index is 12.8. The Morgan fingerprint density at radius 1 is 1.07 bits per heavy atom. The van der Waals surface area contributed by atoms with Crippen LogP contribution < -0.4 is 5.32 Å². The molecule has 0 spiro atoms. The van der Waals surface area contributed by atoms with E-state index in [0.29, 0.717) is 22.4 Å². The van der Waals surface area contributed by atoms with E-state index in [1.807, 2.05) is 12.1 Å². The minimum Gasteiger partial charge on any atom is -0.337 e. The molecule has 0 atom stereocenters. The number of nitrogens with one attached hydrogen (secondary N) is 1. The largest absolute Gasteiger partial charge is 0.337 e. The molecule has 1 aromatic heterocycles. The molecule has 1 aliphatic heterocycles. The Bertz CT molecular complexity index is 1140. The molecule has 1 aliphatic rings. The van der Waals surface area contributed by atoms with Crippen LogP contribution in [0.5, 0.6) is 0 Å². The lowest BCUT2D eigenvalue weighted by Gasteiger charge is -2.10. The third-order valence-corrected chi connectivity index (χ3v) is 5.51. The Labute approximate surface area is 170 Å². The van der Waals surface area contributed by atoms with Crippen molar-refractivity contribution < 1.29 is 9.59 Å². The molecule has 140 valence electrons. The first-order chi connectivity index (χ1) is 14.1. The third kappa shape index (κ3) is 3.57. The van der Waals surface area contributed by atoms with Crippen LogP contribution in [-0.2, 0) is 4.79 Å². The molecule has 29 heavy (non-hydrogen) atoms. The average molecular weight is 399 g/mol. The monoisotopic (exact) mass is 399 g/mol. The van der Waals surface area contributed by atoms with Gasteiger partial charge in [-0.25, -0.2) is 4.98 Å². The van der Waals surface area contributed by atoms with Crippen molar-refractivity contribution in [2.75, 3.05) is 13.2 Å². The molecule has 1 saturated heterocycles. The lowest BCUT2D eigenvalue weighted by Crippen LogP contribution is -2.29. The summed E-state index contributed by atoms with van der Waals surface area (Å²) in [5, 5.41) is 21.3. The number of hydrogen-bond acceptors (Lipinski definition) is 6. The molecule has 1 fully saturated rings. The zero-order valence-electron chi connectivity index (χ0n) is 15.0. The van der Waals surface area contributed by atoms with E-state index in [2.05, 4.69) is 22.4 Å². The van der Waals surface area contributed by atoms with Crippen molar-refractivity contribution in [2.45, 2.75) is 0 Å². The molecule has 8 heteroatoms. The van der Waals surface area contributed by atoms with Gasteiger partial charge >= 0.3 is 0 Å². The quantitative estimate of drug-likeness (QED) is 0.728. The Hall–Kier alpha value is -4.01. The van der Waals surface area contributed by atoms with Gasteiger partial charge in [0.25, 0.3) is 5.91 Å². The number of hydrogen-bond donors (Lipinski definition) is 1. The lowest BCUT2D eigenvalue weighted by atomic mass is 10.0. The Balaban J connectivity index is 1.84. The molecule has 2 amide bonds. The number of carbonyl (C=O) groups excluding carboxylic acids is 2. The van der Waals surface area contributed by atoms with Crippen LogP contribution in [0.4, 0.5) is 0 Å². The standard InChI is InChI=1S/C21H13N5O2S/c22-9-13-3-1-5-15(7-13)18-19(16-6-2-4-14(8-16)10-23)29-20(25-18)21(28)26-11-17(27)24-12-26/h1-8H,11-12H2,(H,24,27). The molecule has 0 unspecified atom stereocenters. The van der Waals surface area contributed by atoms with E-state index >= 15 is 0 Å². The van der Waals surface area contributed by atoms with Crippen molar-refractivity contribution in [1.29, 1.82) is 10.5 Å². The van der Waals surface area contributed by atoms with E-state index < -0.39 is 0 Å². The van der Waals surface area contributed by atoms with E-state index in [9.17, 15) is 20.1 Å². The van der Waals surface area contributed by atoms with Gasteiger partial charge in [-0.1, -0.05) is 24.3 Å². The Morgan fingerprint density at radius 2 is 1.72 bits per heavy atom. The number of nitriles is 2. The second-order valence-electron chi connectivity index (χ2n) is 6.34. The highest BCUT2D eigenvalue weighted by atomic mass is 32.1. The summed E-state index contributed by atoms with van der Waals surface area (Å²) in [5.74, 6) is -0.549. The first-order valence-corrected chi connectivity index (χ1v) is 9.48. The van der Waals surface area contributed by atoms with Gasteiger partial charge in [0.1, 0.15) is 6.54 Å². The van der Waals surface area contributed by atoms with Gasteiger partial charge in [0, 0.05) is 5.56 Å². The minimum absolute atomic E-state index is 0.00306. The number of carbonyl (C=O) groups is 2. The van der Waals surface area contributed by atoms with Gasteiger partial charge in [0.2, 0.25) is 5.91 Å². The van der Waals surface area contributed by atoms with Crippen LogP contribution in [0.2, 0.25) is 0 Å². The van der Waals surface area contributed by atoms with Crippen LogP contribution >= 0.6 is 11.3 Å². The smallest absolute Gasteiger partial charge is 0.284 e. The average Bonchev–Trinajstić information content (AvgIpc) is 3.40. The fourth-order valence-corrected chi connectivity index (χ4v) is 4.07. The van der Waals surface area contributed by atoms with Crippen molar-refractivity contribution >= 4 is 23.2 Å². The second-order valence-corrected chi connectivity index (χ2v) is 7.34. The van der Waals surface area contributed by atoms with Crippen LogP contribution in [0.1, 0.15) is 20.9 Å². The van der Waals surface area contributed by atoms with Gasteiger partial charge in [0.05, 0.1) is 40.5 Å². The summed E-state index contributed by atoms with van der Waals surface area (Å²) in [6.45, 7) is 0.145. The Kier molecular flexibility index (Phi) is 4.78. The molecule has 3 aromatic rings. The van der Waals surface area contributed by atoms with E-state index in [0.717, 1.165) is 10.4 Å². The molecule has 2 aromatic carbocycles. The van der Waals surface area contributed by atoms with E-state index in [1.54, 1.807) is 36.4 Å². The van der Waals surface area contributed by atoms with Crippen LogP contribution in [0.15, 0.2) is 48.5 Å². The second kappa shape index (κ2) is 7.55. The third-order valence-electron chi connectivity index (χ3n) is 4.42. The number of benzene rings is 2. The van der Waals surface area contributed by atoms with Crippen LogP contribution in [0, 0.1) is 22.7 Å². The maximum absolute atomic E-state index is 12.8. The van der Waals surface area contributed by atoms with Crippen molar-refractivity contribution in [3.05, 3.63) is 64.7 Å². The van der Waals surface area contributed by atoms with Gasteiger partial charge in [-0.05, 0) is 29.8 Å². The summed E-state index contributed by atoms with van der Waals surface area (Å²) in [5.41, 5.74) is 2.99. The highest BCUT2D eigenvalue weighted by Gasteiger charge is 2.28. The summed E-state index contributed by atoms with van der Waals surface area (Å²) in [6.07, 6.45) is 0. The van der Waals surface area contributed by atoms with Crippen LogP contribution in [0.3, 0.4) is 0 Å². The first kappa shape index (κ1) is 18.4. The van der Waals surface area contributed by atoms with Crippen molar-refractivity contribution in [3.63, 3.8) is 0 Å². The fourth-order valence-electron chi connectivity index (χ4n) is 3.02. The molecule has 0 bridgehead atoms. The molecular weight excluding hydrogens is 386 g/mol. The predicted molar refractivity (Wildman–Crippen MR) is 106 cm³/mol. The van der Waals surface area contributed by atoms with E-state index in [4.69, 9.17) is 0 Å². The normalized spacial score (nSPS) is 12.9. The SMILES string of the molecule is N#Cc1cccc(-c2nc(C(=O)N3CNC(=O)C3)sc2-c2cccc(C#N)c2)c1. The number of aromatic nitrogens is 1. The summed E-state index contributed by atoms with van der Waals surface area (Å²) in [4.78, 5) is 31.0. The van der Waals surface area contributed by atoms with Gasteiger partial charge in [-0.2, -0.15) is 10.5 Å². The van der Waals surface area contributed by atoms with Gasteiger partial charge in [-0.15, -0.1) is 11.3 Å². The molecule has 0 aliphatic carbocycles. The van der Waals surface area contributed by atoms with Crippen molar-refractivity contribution in [1.82, 2.24) is 15.2 Å². The van der Waals surface area contributed by atoms with Gasteiger partial charge in [0.15, 0.2) is 5.01 Å². The number of amides is 2. The summed E-state index contributed by atoms with van der Waals surface area (Å²) in [6, 6.07) is 18.3. The Morgan fingerprint density at radius 3 is 2.34 bits per heavy atom. The van der Waals surface area contributed by atoms with Gasteiger partial charge in [-0.3, -0.25) is 9.59 Å².